The molecule has 0 unspecified atom stereocenters. The van der Waals surface area contributed by atoms with Gasteiger partial charge in [-0.15, -0.1) is 0 Å². The van der Waals surface area contributed by atoms with Gasteiger partial charge in [-0.05, 0) is 12.0 Å². The van der Waals surface area contributed by atoms with Gasteiger partial charge in [0.15, 0.2) is 0 Å². The minimum absolute atomic E-state index is 0.00438. The highest BCUT2D eigenvalue weighted by Gasteiger charge is 2.26. The number of aryl methyl sites for hydroxylation is 1. The molecule has 0 atom stereocenters. The highest BCUT2D eigenvalue weighted by atomic mass is 16.6. The number of benzene rings is 1. The minimum atomic E-state index is -0.448. The zero-order valence-electron chi connectivity index (χ0n) is 11.2. The second kappa shape index (κ2) is 5.31. The third kappa shape index (κ3) is 2.60. The molecule has 21 heavy (non-hydrogen) atoms. The van der Waals surface area contributed by atoms with E-state index in [1.165, 1.54) is 18.5 Å². The Kier molecular flexibility index (Phi) is 3.35. The first-order valence-electron chi connectivity index (χ1n) is 6.55. The molecular weight excluding hydrogens is 274 g/mol. The summed E-state index contributed by atoms with van der Waals surface area (Å²) < 4.78 is 1.59. The van der Waals surface area contributed by atoms with Gasteiger partial charge in [-0.25, -0.2) is 4.98 Å². The topological polar surface area (TPSA) is 94.2 Å². The molecule has 0 spiro atoms. The molecule has 0 aliphatic carbocycles. The van der Waals surface area contributed by atoms with Crippen molar-refractivity contribution in [2.75, 3.05) is 11.4 Å². The predicted molar refractivity (Wildman–Crippen MR) is 73.8 cm³/mol. The van der Waals surface area contributed by atoms with Crippen LogP contribution in [0.4, 0.5) is 11.4 Å². The van der Waals surface area contributed by atoms with Crippen LogP contribution < -0.4 is 4.90 Å². The van der Waals surface area contributed by atoms with Crippen molar-refractivity contribution in [1.29, 1.82) is 0 Å². The lowest BCUT2D eigenvalue weighted by Crippen LogP contribution is -2.29. The Morgan fingerprint density at radius 3 is 3.00 bits per heavy atom. The van der Waals surface area contributed by atoms with Crippen molar-refractivity contribution in [3.63, 3.8) is 0 Å². The molecule has 8 nitrogen and oxygen atoms in total. The largest absolute Gasteiger partial charge is 0.312 e. The maximum atomic E-state index is 12.3. The number of hydrogen-bond donors (Lipinski definition) is 0. The van der Waals surface area contributed by atoms with E-state index < -0.39 is 4.92 Å². The molecule has 1 aliphatic rings. The average molecular weight is 287 g/mol. The Morgan fingerprint density at radius 1 is 1.43 bits per heavy atom. The molecule has 108 valence electrons. The van der Waals surface area contributed by atoms with Crippen molar-refractivity contribution in [1.82, 2.24) is 14.8 Å². The first-order chi connectivity index (χ1) is 10.1. The van der Waals surface area contributed by atoms with Gasteiger partial charge in [-0.1, -0.05) is 6.07 Å². The molecule has 0 saturated carbocycles. The number of carbonyl (C=O) groups excluding carboxylic acids is 1. The van der Waals surface area contributed by atoms with E-state index in [1.807, 2.05) is 0 Å². The van der Waals surface area contributed by atoms with Crippen molar-refractivity contribution >= 4 is 17.3 Å². The van der Waals surface area contributed by atoms with E-state index >= 15 is 0 Å². The third-order valence-electron chi connectivity index (χ3n) is 3.50. The summed E-state index contributed by atoms with van der Waals surface area (Å²) in [6.45, 7) is 1.01. The number of nitro benzene ring substituents is 1. The van der Waals surface area contributed by atoms with Crippen LogP contribution in [0.15, 0.2) is 30.9 Å². The molecule has 0 fully saturated rings. The number of amides is 1. The maximum Gasteiger partial charge on any atom is 0.271 e. The fourth-order valence-corrected chi connectivity index (χ4v) is 2.43. The van der Waals surface area contributed by atoms with E-state index in [4.69, 9.17) is 0 Å². The second-order valence-electron chi connectivity index (χ2n) is 4.77. The van der Waals surface area contributed by atoms with E-state index in [0.29, 0.717) is 18.8 Å². The highest BCUT2D eigenvalue weighted by Crippen LogP contribution is 2.32. The lowest BCUT2D eigenvalue weighted by atomic mass is 10.1. The molecule has 0 bridgehead atoms. The van der Waals surface area contributed by atoms with Gasteiger partial charge in [0.2, 0.25) is 5.91 Å². The summed E-state index contributed by atoms with van der Waals surface area (Å²) in [5.41, 5.74) is 1.62. The number of nitrogens with zero attached hydrogens (tertiary/aromatic N) is 5. The fourth-order valence-electron chi connectivity index (χ4n) is 2.43. The quantitative estimate of drug-likeness (QED) is 0.621. The van der Waals surface area contributed by atoms with Crippen molar-refractivity contribution in [2.45, 2.75) is 19.4 Å². The Bertz CT molecular complexity index is 683. The van der Waals surface area contributed by atoms with E-state index in [2.05, 4.69) is 10.1 Å². The number of rotatable bonds is 4. The van der Waals surface area contributed by atoms with Crippen LogP contribution in [0.3, 0.4) is 0 Å². The molecule has 1 amide bonds. The molecule has 0 saturated heterocycles. The number of non-ortho nitro benzene ring substituents is 1. The number of hydrogen-bond acceptors (Lipinski definition) is 5. The summed E-state index contributed by atoms with van der Waals surface area (Å²) in [6.07, 6.45) is 3.98. The molecule has 3 rings (SSSR count). The van der Waals surface area contributed by atoms with Crippen LogP contribution >= 0.6 is 0 Å². The van der Waals surface area contributed by atoms with Crippen LogP contribution in [0.2, 0.25) is 0 Å². The summed E-state index contributed by atoms with van der Waals surface area (Å²) in [5, 5.41) is 14.8. The fraction of sp³-hybridized carbons (Fsp3) is 0.308. The van der Waals surface area contributed by atoms with Crippen LogP contribution in [0, 0.1) is 10.1 Å². The highest BCUT2D eigenvalue weighted by molar-refractivity contribution is 5.95. The van der Waals surface area contributed by atoms with Gasteiger partial charge in [0, 0.05) is 25.1 Å². The van der Waals surface area contributed by atoms with E-state index in [1.54, 1.807) is 22.0 Å². The van der Waals surface area contributed by atoms with Crippen LogP contribution in [0.1, 0.15) is 12.0 Å². The first-order valence-corrected chi connectivity index (χ1v) is 6.55. The molecule has 2 aromatic rings. The number of carbonyl (C=O) groups is 1. The summed E-state index contributed by atoms with van der Waals surface area (Å²) >= 11 is 0. The second-order valence-corrected chi connectivity index (χ2v) is 4.77. The van der Waals surface area contributed by atoms with Crippen LogP contribution in [-0.4, -0.2) is 32.1 Å². The Hall–Kier alpha value is -2.77. The number of nitro groups is 1. The van der Waals surface area contributed by atoms with Crippen molar-refractivity contribution in [3.8, 4) is 0 Å². The number of aromatic nitrogens is 3. The van der Waals surface area contributed by atoms with Gasteiger partial charge >= 0.3 is 0 Å². The van der Waals surface area contributed by atoms with E-state index in [0.717, 1.165) is 12.0 Å². The number of anilines is 1. The summed E-state index contributed by atoms with van der Waals surface area (Å²) in [7, 11) is 0. The number of fused-ring (bicyclic) bond motifs is 1. The summed E-state index contributed by atoms with van der Waals surface area (Å²) in [4.78, 5) is 28.1. The standard InChI is InChI=1S/C13H13N5O3/c19-13(4-5-16-9-14-8-15-16)17-6-3-10-1-2-11(18(20)21)7-12(10)17/h1-2,7-9H,3-6H2. The van der Waals surface area contributed by atoms with Crippen LogP contribution in [-0.2, 0) is 17.8 Å². The molecule has 1 aliphatic heterocycles. The van der Waals surface area contributed by atoms with Gasteiger partial charge in [0.1, 0.15) is 12.7 Å². The average Bonchev–Trinajstić information content (AvgIpc) is 3.13. The van der Waals surface area contributed by atoms with Gasteiger partial charge < -0.3 is 4.90 Å². The molecular formula is C13H13N5O3. The Balaban J connectivity index is 1.75. The Morgan fingerprint density at radius 2 is 2.29 bits per heavy atom. The molecule has 1 aromatic heterocycles. The third-order valence-corrected chi connectivity index (χ3v) is 3.50. The molecule has 0 N–H and O–H groups in total. The van der Waals surface area contributed by atoms with Gasteiger partial charge in [0.05, 0.1) is 17.2 Å². The smallest absolute Gasteiger partial charge is 0.271 e. The maximum absolute atomic E-state index is 12.3. The summed E-state index contributed by atoms with van der Waals surface area (Å²) in [5.74, 6) is -0.0650. The SMILES string of the molecule is O=C(CCn1cncn1)N1CCc2ccc([N+](=O)[O-])cc21. The zero-order chi connectivity index (χ0) is 14.8. The summed E-state index contributed by atoms with van der Waals surface area (Å²) in [6, 6.07) is 4.66. The molecule has 1 aromatic carbocycles. The monoisotopic (exact) mass is 287 g/mol. The van der Waals surface area contributed by atoms with E-state index in [-0.39, 0.29) is 18.0 Å². The van der Waals surface area contributed by atoms with Gasteiger partial charge in [-0.3, -0.25) is 19.6 Å². The van der Waals surface area contributed by atoms with Crippen molar-refractivity contribution in [2.24, 2.45) is 0 Å². The lowest BCUT2D eigenvalue weighted by Gasteiger charge is -2.17. The van der Waals surface area contributed by atoms with Crippen LogP contribution in [0.25, 0.3) is 0 Å². The molecule has 8 heteroatoms. The van der Waals surface area contributed by atoms with E-state index in [9.17, 15) is 14.9 Å². The van der Waals surface area contributed by atoms with Gasteiger partial charge in [-0.2, -0.15) is 5.10 Å². The minimum Gasteiger partial charge on any atom is -0.312 e. The van der Waals surface area contributed by atoms with Gasteiger partial charge in [0.25, 0.3) is 5.69 Å². The van der Waals surface area contributed by atoms with Crippen molar-refractivity contribution < 1.29 is 9.72 Å². The first kappa shape index (κ1) is 13.2. The normalized spacial score (nSPS) is 13.2. The van der Waals surface area contributed by atoms with Crippen LogP contribution in [0.5, 0.6) is 0 Å². The zero-order valence-corrected chi connectivity index (χ0v) is 11.2. The molecule has 2 heterocycles. The molecule has 0 radical (unpaired) electrons. The predicted octanol–water partition coefficient (Wildman–Crippen LogP) is 1.17. The Labute approximate surface area is 120 Å². The van der Waals surface area contributed by atoms with Crippen molar-refractivity contribution in [3.05, 3.63) is 46.5 Å². The lowest BCUT2D eigenvalue weighted by molar-refractivity contribution is -0.384.